The molecule has 0 radical (unpaired) electrons. The highest BCUT2D eigenvalue weighted by molar-refractivity contribution is 6.00. The van der Waals surface area contributed by atoms with Crippen LogP contribution in [0.3, 0.4) is 0 Å². The van der Waals surface area contributed by atoms with Gasteiger partial charge in [-0.2, -0.15) is 0 Å². The Labute approximate surface area is 137 Å². The third kappa shape index (κ3) is 3.66. The predicted molar refractivity (Wildman–Crippen MR) is 88.5 cm³/mol. The van der Waals surface area contributed by atoms with E-state index in [2.05, 4.69) is 5.32 Å². The van der Waals surface area contributed by atoms with E-state index in [1.165, 1.54) is 19.3 Å². The second-order valence-corrected chi connectivity index (χ2v) is 6.45. The zero-order valence-corrected chi connectivity index (χ0v) is 13.6. The van der Waals surface area contributed by atoms with Crippen LogP contribution < -0.4 is 15.0 Å². The number of carbonyl (C=O) groups excluding carboxylic acids is 2. The first-order valence-electron chi connectivity index (χ1n) is 8.42. The normalized spacial score (nSPS) is 22.2. The highest BCUT2D eigenvalue weighted by atomic mass is 16.5. The summed E-state index contributed by atoms with van der Waals surface area (Å²) in [5.74, 6) is 0.554. The van der Waals surface area contributed by atoms with Gasteiger partial charge >= 0.3 is 0 Å². The monoisotopic (exact) mass is 316 g/mol. The fourth-order valence-corrected chi connectivity index (χ4v) is 3.46. The second kappa shape index (κ2) is 7.02. The van der Waals surface area contributed by atoms with Crippen molar-refractivity contribution < 1.29 is 14.3 Å². The van der Waals surface area contributed by atoms with Crippen molar-refractivity contribution in [2.75, 3.05) is 18.6 Å². The summed E-state index contributed by atoms with van der Waals surface area (Å²) >= 11 is 0. The molecule has 1 aliphatic heterocycles. The minimum absolute atomic E-state index is 0.0129. The molecule has 5 heteroatoms. The standard InChI is InChI=1S/C18H24N2O3/c1-23-16-9-7-15(8-10-16)20-12-13(11-17(20)21)18(22)19-14-5-3-2-4-6-14/h7-10,13-14H,2-6,11-12H2,1H3,(H,19,22)/t13-/m0/s1. The summed E-state index contributed by atoms with van der Waals surface area (Å²) in [5, 5.41) is 3.13. The molecule has 124 valence electrons. The van der Waals surface area contributed by atoms with Crippen LogP contribution in [-0.4, -0.2) is 31.5 Å². The topological polar surface area (TPSA) is 58.6 Å². The maximum atomic E-state index is 12.4. The molecule has 1 saturated carbocycles. The van der Waals surface area contributed by atoms with Crippen molar-refractivity contribution in [3.8, 4) is 5.75 Å². The maximum Gasteiger partial charge on any atom is 0.227 e. The molecule has 1 aromatic carbocycles. The van der Waals surface area contributed by atoms with Gasteiger partial charge in [-0.3, -0.25) is 9.59 Å². The Bertz CT molecular complexity index is 564. The molecule has 0 aromatic heterocycles. The first-order chi connectivity index (χ1) is 11.2. The summed E-state index contributed by atoms with van der Waals surface area (Å²) in [4.78, 5) is 26.4. The van der Waals surface area contributed by atoms with Crippen LogP contribution in [0.5, 0.6) is 5.75 Å². The van der Waals surface area contributed by atoms with Crippen molar-refractivity contribution in [2.24, 2.45) is 5.92 Å². The van der Waals surface area contributed by atoms with Gasteiger partial charge in [-0.05, 0) is 37.1 Å². The molecular weight excluding hydrogens is 292 g/mol. The summed E-state index contributed by atoms with van der Waals surface area (Å²) in [6.45, 7) is 0.462. The van der Waals surface area contributed by atoms with Gasteiger partial charge in [-0.15, -0.1) is 0 Å². The van der Waals surface area contributed by atoms with E-state index >= 15 is 0 Å². The molecule has 5 nitrogen and oxygen atoms in total. The highest BCUT2D eigenvalue weighted by Crippen LogP contribution is 2.27. The largest absolute Gasteiger partial charge is 0.497 e. The smallest absolute Gasteiger partial charge is 0.227 e. The molecule has 1 aliphatic carbocycles. The fraction of sp³-hybridized carbons (Fsp3) is 0.556. The van der Waals surface area contributed by atoms with Gasteiger partial charge in [0, 0.05) is 24.7 Å². The first kappa shape index (κ1) is 15.8. The number of nitrogens with zero attached hydrogens (tertiary/aromatic N) is 1. The summed E-state index contributed by atoms with van der Waals surface area (Å²) in [5.41, 5.74) is 0.823. The molecule has 0 unspecified atom stereocenters. The molecule has 1 aromatic rings. The van der Waals surface area contributed by atoms with E-state index in [9.17, 15) is 9.59 Å². The third-order valence-electron chi connectivity index (χ3n) is 4.83. The number of hydrogen-bond donors (Lipinski definition) is 1. The van der Waals surface area contributed by atoms with Gasteiger partial charge in [0.25, 0.3) is 0 Å². The number of benzene rings is 1. The number of nitrogens with one attached hydrogen (secondary N) is 1. The predicted octanol–water partition coefficient (Wildman–Crippen LogP) is 2.50. The summed E-state index contributed by atoms with van der Waals surface area (Å²) < 4.78 is 5.14. The molecule has 0 bridgehead atoms. The average molecular weight is 316 g/mol. The number of carbonyl (C=O) groups is 2. The maximum absolute atomic E-state index is 12.4. The van der Waals surface area contributed by atoms with E-state index in [0.29, 0.717) is 19.0 Å². The number of anilines is 1. The molecule has 3 rings (SSSR count). The van der Waals surface area contributed by atoms with Crippen molar-refractivity contribution in [2.45, 2.75) is 44.6 Å². The quantitative estimate of drug-likeness (QED) is 0.928. The van der Waals surface area contributed by atoms with E-state index in [-0.39, 0.29) is 17.7 Å². The van der Waals surface area contributed by atoms with Crippen molar-refractivity contribution in [3.05, 3.63) is 24.3 Å². The minimum Gasteiger partial charge on any atom is -0.497 e. The Morgan fingerprint density at radius 1 is 1.17 bits per heavy atom. The number of ether oxygens (including phenoxy) is 1. The van der Waals surface area contributed by atoms with Gasteiger partial charge < -0.3 is 15.0 Å². The number of amides is 2. The molecule has 2 amide bonds. The lowest BCUT2D eigenvalue weighted by Gasteiger charge is -2.24. The fourth-order valence-electron chi connectivity index (χ4n) is 3.46. The van der Waals surface area contributed by atoms with E-state index in [1.807, 2.05) is 24.3 Å². The molecular formula is C18H24N2O3. The van der Waals surface area contributed by atoms with Gasteiger partial charge in [0.1, 0.15) is 5.75 Å². The molecule has 0 spiro atoms. The zero-order valence-electron chi connectivity index (χ0n) is 13.6. The van der Waals surface area contributed by atoms with Crippen LogP contribution in [0.25, 0.3) is 0 Å². The molecule has 1 N–H and O–H groups in total. The van der Waals surface area contributed by atoms with Gasteiger partial charge in [0.2, 0.25) is 11.8 Å². The van der Waals surface area contributed by atoms with Crippen LogP contribution in [0.15, 0.2) is 24.3 Å². The molecule has 2 fully saturated rings. The Morgan fingerprint density at radius 2 is 1.87 bits per heavy atom. The van der Waals surface area contributed by atoms with Gasteiger partial charge in [0.15, 0.2) is 0 Å². The van der Waals surface area contributed by atoms with Crippen LogP contribution in [0.2, 0.25) is 0 Å². The first-order valence-corrected chi connectivity index (χ1v) is 8.42. The average Bonchev–Trinajstić information content (AvgIpc) is 2.98. The summed E-state index contributed by atoms with van der Waals surface area (Å²) in [6, 6.07) is 7.67. The van der Waals surface area contributed by atoms with Crippen LogP contribution in [-0.2, 0) is 9.59 Å². The van der Waals surface area contributed by atoms with Gasteiger partial charge in [0.05, 0.1) is 13.0 Å². The lowest BCUT2D eigenvalue weighted by molar-refractivity contribution is -0.127. The molecule has 1 saturated heterocycles. The highest BCUT2D eigenvalue weighted by Gasteiger charge is 2.35. The van der Waals surface area contributed by atoms with Crippen molar-refractivity contribution in [3.63, 3.8) is 0 Å². The Morgan fingerprint density at radius 3 is 2.52 bits per heavy atom. The molecule has 1 atom stereocenters. The van der Waals surface area contributed by atoms with Crippen LogP contribution >= 0.6 is 0 Å². The van der Waals surface area contributed by atoms with Crippen LogP contribution in [0, 0.1) is 5.92 Å². The van der Waals surface area contributed by atoms with Gasteiger partial charge in [-0.1, -0.05) is 19.3 Å². The minimum atomic E-state index is -0.244. The van der Waals surface area contributed by atoms with Gasteiger partial charge in [-0.25, -0.2) is 0 Å². The summed E-state index contributed by atoms with van der Waals surface area (Å²) in [6.07, 6.45) is 6.06. The third-order valence-corrected chi connectivity index (χ3v) is 4.83. The molecule has 23 heavy (non-hydrogen) atoms. The van der Waals surface area contributed by atoms with E-state index in [4.69, 9.17) is 4.74 Å². The zero-order chi connectivity index (χ0) is 16.2. The number of hydrogen-bond acceptors (Lipinski definition) is 3. The van der Waals surface area contributed by atoms with Crippen molar-refractivity contribution in [1.82, 2.24) is 5.32 Å². The molecule has 2 aliphatic rings. The van der Waals surface area contributed by atoms with E-state index in [0.717, 1.165) is 24.3 Å². The number of methoxy groups -OCH3 is 1. The number of rotatable bonds is 4. The Kier molecular flexibility index (Phi) is 4.84. The van der Waals surface area contributed by atoms with E-state index in [1.54, 1.807) is 12.0 Å². The lowest BCUT2D eigenvalue weighted by atomic mass is 9.95. The lowest BCUT2D eigenvalue weighted by Crippen LogP contribution is -2.40. The van der Waals surface area contributed by atoms with Crippen molar-refractivity contribution in [1.29, 1.82) is 0 Å². The van der Waals surface area contributed by atoms with Crippen LogP contribution in [0.4, 0.5) is 5.69 Å². The van der Waals surface area contributed by atoms with Crippen molar-refractivity contribution >= 4 is 17.5 Å². The van der Waals surface area contributed by atoms with Crippen LogP contribution in [0.1, 0.15) is 38.5 Å². The summed E-state index contributed by atoms with van der Waals surface area (Å²) in [7, 11) is 1.61. The Hall–Kier alpha value is -2.04. The second-order valence-electron chi connectivity index (χ2n) is 6.45. The molecule has 1 heterocycles. The van der Waals surface area contributed by atoms with E-state index < -0.39 is 0 Å². The Balaban J connectivity index is 1.60. The SMILES string of the molecule is COc1ccc(N2C[C@@H](C(=O)NC3CCCCC3)CC2=O)cc1.